The zero-order valence-corrected chi connectivity index (χ0v) is 15.3. The van der Waals surface area contributed by atoms with Crippen molar-refractivity contribution in [1.29, 1.82) is 0 Å². The molecule has 0 unspecified atom stereocenters. The Bertz CT molecular complexity index is 687. The van der Waals surface area contributed by atoms with Gasteiger partial charge in [0.25, 0.3) is 5.91 Å². The lowest BCUT2D eigenvalue weighted by molar-refractivity contribution is 0.0945. The highest BCUT2D eigenvalue weighted by Crippen LogP contribution is 2.24. The van der Waals surface area contributed by atoms with Crippen LogP contribution in [0.1, 0.15) is 29.8 Å². The Hall–Kier alpha value is -1.10. The van der Waals surface area contributed by atoms with Crippen molar-refractivity contribution in [3.05, 3.63) is 62.3 Å². The zero-order valence-electron chi connectivity index (χ0n) is 12.2. The van der Waals surface area contributed by atoms with Gasteiger partial charge in [0.2, 0.25) is 0 Å². The predicted molar refractivity (Wildman–Crippen MR) is 93.8 cm³/mol. The average Bonchev–Trinajstić information content (AvgIpc) is 2.45. The van der Waals surface area contributed by atoms with Crippen molar-refractivity contribution < 1.29 is 4.79 Å². The zero-order chi connectivity index (χ0) is 16.3. The Labute approximate surface area is 148 Å². The fraction of sp³-hybridized carbons (Fsp3) is 0.250. The summed E-state index contributed by atoms with van der Waals surface area (Å²) in [6.07, 6.45) is 0. The molecule has 0 aliphatic rings. The third kappa shape index (κ3) is 4.22. The number of amides is 1. The fourth-order valence-electron chi connectivity index (χ4n) is 1.98. The highest BCUT2D eigenvalue weighted by atomic mass is 79.9. The Morgan fingerprint density at radius 1 is 1.18 bits per heavy atom. The second-order valence-electron chi connectivity index (χ2n) is 5.55. The van der Waals surface area contributed by atoms with Crippen LogP contribution in [-0.4, -0.2) is 17.4 Å². The topological polar surface area (TPSA) is 42.0 Å². The molecule has 2 rings (SSSR count). The summed E-state index contributed by atoms with van der Waals surface area (Å²) in [5.74, 6) is -0.264. The highest BCUT2D eigenvalue weighted by molar-refractivity contribution is 9.10. The second kappa shape index (κ2) is 6.99. The van der Waals surface area contributed by atoms with Crippen LogP contribution in [0.4, 0.5) is 0 Å². The molecule has 0 bridgehead atoms. The number of hydrogen-bond donors (Lipinski definition) is 1. The van der Waals surface area contributed by atoms with E-state index in [9.17, 15) is 4.79 Å². The minimum Gasteiger partial charge on any atom is -0.351 e. The van der Waals surface area contributed by atoms with Crippen molar-refractivity contribution in [1.82, 2.24) is 10.3 Å². The van der Waals surface area contributed by atoms with Gasteiger partial charge in [-0.1, -0.05) is 65.1 Å². The number of nitrogens with zero attached hydrogens (tertiary/aromatic N) is 1. The van der Waals surface area contributed by atoms with Crippen molar-refractivity contribution in [3.8, 4) is 0 Å². The average molecular weight is 402 g/mol. The van der Waals surface area contributed by atoms with E-state index in [0.29, 0.717) is 12.1 Å². The maximum absolute atomic E-state index is 12.2. The molecular formula is C16H15BrCl2N2O. The molecule has 0 aliphatic heterocycles. The van der Waals surface area contributed by atoms with Gasteiger partial charge in [-0.25, -0.2) is 4.98 Å². The molecular weight excluding hydrogens is 387 g/mol. The van der Waals surface area contributed by atoms with Gasteiger partial charge in [0.15, 0.2) is 0 Å². The van der Waals surface area contributed by atoms with Gasteiger partial charge in [-0.05, 0) is 29.8 Å². The van der Waals surface area contributed by atoms with Gasteiger partial charge in [0.1, 0.15) is 10.3 Å². The minimum absolute atomic E-state index is 0.103. The van der Waals surface area contributed by atoms with Gasteiger partial charge < -0.3 is 5.32 Å². The van der Waals surface area contributed by atoms with Gasteiger partial charge in [0, 0.05) is 16.4 Å². The Balaban J connectivity index is 2.08. The summed E-state index contributed by atoms with van der Waals surface area (Å²) in [7, 11) is 0. The van der Waals surface area contributed by atoms with E-state index in [0.717, 1.165) is 10.0 Å². The first-order valence-electron chi connectivity index (χ1n) is 6.66. The SMILES string of the molecule is CC(C)(CNC(=O)c1ccc(Cl)nc1Cl)c1ccc(Br)cc1. The number of rotatable bonds is 4. The number of pyridine rings is 1. The number of halogens is 3. The first kappa shape index (κ1) is 17.3. The normalized spacial score (nSPS) is 11.3. The summed E-state index contributed by atoms with van der Waals surface area (Å²) < 4.78 is 1.02. The van der Waals surface area contributed by atoms with E-state index in [4.69, 9.17) is 23.2 Å². The quantitative estimate of drug-likeness (QED) is 0.743. The molecule has 0 radical (unpaired) electrons. The second-order valence-corrected chi connectivity index (χ2v) is 7.21. The molecule has 116 valence electrons. The fourth-order valence-corrected chi connectivity index (χ4v) is 2.68. The number of aromatic nitrogens is 1. The Kier molecular flexibility index (Phi) is 5.48. The van der Waals surface area contributed by atoms with Gasteiger partial charge in [-0.2, -0.15) is 0 Å². The van der Waals surface area contributed by atoms with Crippen LogP contribution < -0.4 is 5.32 Å². The van der Waals surface area contributed by atoms with Crippen molar-refractivity contribution in [2.75, 3.05) is 6.54 Å². The Morgan fingerprint density at radius 2 is 1.82 bits per heavy atom. The number of carbonyl (C=O) groups is 1. The molecule has 22 heavy (non-hydrogen) atoms. The number of carbonyl (C=O) groups excluding carboxylic acids is 1. The van der Waals surface area contributed by atoms with Gasteiger partial charge in [-0.15, -0.1) is 0 Å². The van der Waals surface area contributed by atoms with E-state index < -0.39 is 0 Å². The first-order chi connectivity index (χ1) is 10.3. The van der Waals surface area contributed by atoms with Crippen molar-refractivity contribution >= 4 is 45.0 Å². The van der Waals surface area contributed by atoms with E-state index in [1.54, 1.807) is 12.1 Å². The number of benzene rings is 1. The van der Waals surface area contributed by atoms with Gasteiger partial charge in [-0.3, -0.25) is 4.79 Å². The molecule has 1 amide bonds. The molecule has 0 aliphatic carbocycles. The van der Waals surface area contributed by atoms with Crippen molar-refractivity contribution in [2.24, 2.45) is 0 Å². The molecule has 0 saturated heterocycles. The van der Waals surface area contributed by atoms with Crippen LogP contribution in [-0.2, 0) is 5.41 Å². The van der Waals surface area contributed by atoms with Crippen LogP contribution in [0.5, 0.6) is 0 Å². The highest BCUT2D eigenvalue weighted by Gasteiger charge is 2.22. The maximum Gasteiger partial charge on any atom is 0.254 e. The molecule has 0 saturated carbocycles. The molecule has 1 N–H and O–H groups in total. The Morgan fingerprint density at radius 3 is 2.41 bits per heavy atom. The van der Waals surface area contributed by atoms with Crippen molar-refractivity contribution in [2.45, 2.75) is 19.3 Å². The smallest absolute Gasteiger partial charge is 0.254 e. The van der Waals surface area contributed by atoms with E-state index in [1.165, 1.54) is 0 Å². The summed E-state index contributed by atoms with van der Waals surface area (Å²) in [6.45, 7) is 4.61. The van der Waals surface area contributed by atoms with Gasteiger partial charge >= 0.3 is 0 Å². The molecule has 1 heterocycles. The lowest BCUT2D eigenvalue weighted by Crippen LogP contribution is -2.36. The molecule has 0 atom stereocenters. The van der Waals surface area contributed by atoms with Gasteiger partial charge in [0.05, 0.1) is 5.56 Å². The molecule has 0 fully saturated rings. The monoisotopic (exact) mass is 400 g/mol. The number of nitrogens with one attached hydrogen (secondary N) is 1. The summed E-state index contributed by atoms with van der Waals surface area (Å²) in [5, 5.41) is 3.26. The lowest BCUT2D eigenvalue weighted by Gasteiger charge is -2.25. The lowest BCUT2D eigenvalue weighted by atomic mass is 9.84. The van der Waals surface area contributed by atoms with E-state index in [-0.39, 0.29) is 21.6 Å². The third-order valence-corrected chi connectivity index (χ3v) is 4.40. The summed E-state index contributed by atoms with van der Waals surface area (Å²) >= 11 is 15.1. The summed E-state index contributed by atoms with van der Waals surface area (Å²) in [4.78, 5) is 16.1. The van der Waals surface area contributed by atoms with E-state index in [1.807, 2.05) is 24.3 Å². The van der Waals surface area contributed by atoms with E-state index >= 15 is 0 Å². The largest absolute Gasteiger partial charge is 0.351 e. The molecule has 1 aromatic carbocycles. The van der Waals surface area contributed by atoms with E-state index in [2.05, 4.69) is 40.1 Å². The maximum atomic E-state index is 12.2. The molecule has 1 aromatic heterocycles. The predicted octanol–water partition coefficient (Wildman–Crippen LogP) is 4.86. The van der Waals surface area contributed by atoms with Crippen LogP contribution in [0.3, 0.4) is 0 Å². The standard InChI is InChI=1S/C16H15BrCl2N2O/c1-16(2,10-3-5-11(17)6-4-10)9-20-15(22)12-7-8-13(18)21-14(12)19/h3-8H,9H2,1-2H3,(H,20,22). The summed E-state index contributed by atoms with van der Waals surface area (Å²) in [5.41, 5.74) is 1.25. The van der Waals surface area contributed by atoms with Crippen LogP contribution in [0.15, 0.2) is 40.9 Å². The molecule has 3 nitrogen and oxygen atoms in total. The molecule has 0 spiro atoms. The van der Waals surface area contributed by atoms with Crippen LogP contribution >= 0.6 is 39.1 Å². The van der Waals surface area contributed by atoms with Crippen molar-refractivity contribution in [3.63, 3.8) is 0 Å². The molecule has 6 heteroatoms. The number of hydrogen-bond acceptors (Lipinski definition) is 2. The van der Waals surface area contributed by atoms with Crippen LogP contribution in [0, 0.1) is 0 Å². The first-order valence-corrected chi connectivity index (χ1v) is 8.21. The van der Waals surface area contributed by atoms with Crippen LogP contribution in [0.25, 0.3) is 0 Å². The minimum atomic E-state index is -0.264. The van der Waals surface area contributed by atoms with Crippen LogP contribution in [0.2, 0.25) is 10.3 Å². The summed E-state index contributed by atoms with van der Waals surface area (Å²) in [6, 6.07) is 11.2. The molecule has 2 aromatic rings. The third-order valence-electron chi connectivity index (χ3n) is 3.38.